The van der Waals surface area contributed by atoms with Crippen LogP contribution < -0.4 is 11.9 Å². The number of nitrogens with zero attached hydrogens (tertiary/aromatic N) is 4. The van der Waals surface area contributed by atoms with E-state index in [0.717, 1.165) is 24.3 Å². The lowest BCUT2D eigenvalue weighted by Gasteiger charge is -2.17. The fourth-order valence-corrected chi connectivity index (χ4v) is 6.51. The third-order valence-electron chi connectivity index (χ3n) is 6.99. The SMILES string of the molecule is C#CCCCCCCCCCCCCCCCCSCCCOP(=O)(O)CO[C@H](C)Cn1cnc2c(N)ncnc21.N. The second kappa shape index (κ2) is 23.7. The van der Waals surface area contributed by atoms with Gasteiger partial charge in [-0.3, -0.25) is 4.57 Å². The molecular formula is C30H55N6O4PS. The average molecular weight is 627 g/mol. The fourth-order valence-electron chi connectivity index (χ4n) is 4.64. The summed E-state index contributed by atoms with van der Waals surface area (Å²) in [6, 6.07) is 0. The number of imidazole rings is 1. The van der Waals surface area contributed by atoms with Gasteiger partial charge in [0.2, 0.25) is 0 Å². The Morgan fingerprint density at radius 1 is 0.952 bits per heavy atom. The van der Waals surface area contributed by atoms with Crippen LogP contribution in [0.25, 0.3) is 11.2 Å². The van der Waals surface area contributed by atoms with Crippen molar-refractivity contribution in [2.24, 2.45) is 0 Å². The minimum Gasteiger partial charge on any atom is -0.382 e. The summed E-state index contributed by atoms with van der Waals surface area (Å²) in [6.45, 7) is 2.49. The molecule has 0 radical (unpaired) electrons. The third kappa shape index (κ3) is 17.4. The van der Waals surface area contributed by atoms with Crippen molar-refractivity contribution in [1.82, 2.24) is 25.7 Å². The zero-order valence-electron chi connectivity index (χ0n) is 25.8. The highest BCUT2D eigenvalue weighted by Gasteiger charge is 2.21. The second-order valence-corrected chi connectivity index (χ2v) is 13.8. The number of thioether (sulfide) groups is 1. The van der Waals surface area contributed by atoms with Gasteiger partial charge < -0.3 is 30.6 Å². The number of rotatable bonds is 26. The molecule has 0 aliphatic rings. The average Bonchev–Trinajstić information content (AvgIpc) is 3.36. The highest BCUT2D eigenvalue weighted by atomic mass is 32.2. The molecule has 2 heterocycles. The first-order valence-corrected chi connectivity index (χ1v) is 18.3. The van der Waals surface area contributed by atoms with E-state index < -0.39 is 7.60 Å². The molecule has 0 aromatic carbocycles. The van der Waals surface area contributed by atoms with E-state index in [1.165, 1.54) is 96.2 Å². The number of terminal acetylenes is 1. The molecule has 10 nitrogen and oxygen atoms in total. The van der Waals surface area contributed by atoms with Gasteiger partial charge in [0.25, 0.3) is 0 Å². The maximum atomic E-state index is 12.3. The third-order valence-corrected chi connectivity index (χ3v) is 9.21. The summed E-state index contributed by atoms with van der Waals surface area (Å²) in [5, 5.41) is 0. The lowest BCUT2D eigenvalue weighted by molar-refractivity contribution is 0.0718. The molecule has 2 rings (SSSR count). The van der Waals surface area contributed by atoms with E-state index in [9.17, 15) is 9.46 Å². The topological polar surface area (TPSA) is 160 Å². The number of fused-ring (bicyclic) bond motifs is 1. The van der Waals surface area contributed by atoms with Gasteiger partial charge in [-0.05, 0) is 37.7 Å². The first kappa shape index (κ1) is 38.4. The molecule has 1 unspecified atom stereocenters. The smallest absolute Gasteiger partial charge is 0.353 e. The van der Waals surface area contributed by atoms with Crippen LogP contribution in [0, 0.1) is 12.3 Å². The summed E-state index contributed by atoms with van der Waals surface area (Å²) in [6.07, 6.45) is 28.0. The molecule has 0 fully saturated rings. The van der Waals surface area contributed by atoms with E-state index in [1.807, 2.05) is 18.7 Å². The Hall–Kier alpha value is -1.67. The number of aromatic nitrogens is 4. The van der Waals surface area contributed by atoms with E-state index in [4.69, 9.17) is 21.4 Å². The second-order valence-electron chi connectivity index (χ2n) is 10.8. The predicted octanol–water partition coefficient (Wildman–Crippen LogP) is 7.74. The summed E-state index contributed by atoms with van der Waals surface area (Å²) in [4.78, 5) is 22.4. The van der Waals surface area contributed by atoms with Crippen molar-refractivity contribution < 1.29 is 18.7 Å². The largest absolute Gasteiger partial charge is 0.382 e. The van der Waals surface area contributed by atoms with Gasteiger partial charge in [-0.15, -0.1) is 12.3 Å². The van der Waals surface area contributed by atoms with Crippen LogP contribution in [0.2, 0.25) is 0 Å². The molecule has 0 saturated heterocycles. The number of hydrogen-bond donors (Lipinski definition) is 3. The molecule has 240 valence electrons. The molecule has 0 amide bonds. The summed E-state index contributed by atoms with van der Waals surface area (Å²) in [5.41, 5.74) is 6.94. The van der Waals surface area contributed by atoms with Crippen LogP contribution in [-0.2, 0) is 20.4 Å². The summed E-state index contributed by atoms with van der Waals surface area (Å²) < 4.78 is 24.9. The van der Waals surface area contributed by atoms with Crippen LogP contribution in [0.15, 0.2) is 12.7 Å². The Bertz CT molecular complexity index is 1050. The Balaban J connectivity index is 0.00000882. The van der Waals surface area contributed by atoms with Gasteiger partial charge in [0, 0.05) is 6.42 Å². The summed E-state index contributed by atoms with van der Waals surface area (Å²) >= 11 is 1.89. The number of anilines is 1. The van der Waals surface area contributed by atoms with Crippen molar-refractivity contribution in [2.45, 2.75) is 122 Å². The summed E-state index contributed by atoms with van der Waals surface area (Å²) in [5.74, 6) is 5.10. The maximum absolute atomic E-state index is 12.3. The van der Waals surface area contributed by atoms with Crippen molar-refractivity contribution in [3.63, 3.8) is 0 Å². The minimum absolute atomic E-state index is 0. The number of hydrogen-bond acceptors (Lipinski definition) is 9. The van der Waals surface area contributed by atoms with Crippen LogP contribution in [0.4, 0.5) is 5.82 Å². The molecule has 0 saturated carbocycles. The number of nitrogens with two attached hydrogens (primary N) is 1. The molecule has 2 atom stereocenters. The highest BCUT2D eigenvalue weighted by Crippen LogP contribution is 2.42. The molecule has 2 aromatic heterocycles. The van der Waals surface area contributed by atoms with Gasteiger partial charge in [0.05, 0.1) is 25.6 Å². The van der Waals surface area contributed by atoms with Crippen molar-refractivity contribution in [2.75, 3.05) is 30.2 Å². The van der Waals surface area contributed by atoms with Gasteiger partial charge in [0.15, 0.2) is 11.5 Å². The van der Waals surface area contributed by atoms with Crippen molar-refractivity contribution in [1.29, 1.82) is 0 Å². The molecular weight excluding hydrogens is 571 g/mol. The van der Waals surface area contributed by atoms with Crippen LogP contribution in [0.5, 0.6) is 0 Å². The molecule has 6 N–H and O–H groups in total. The van der Waals surface area contributed by atoms with Gasteiger partial charge in [-0.1, -0.05) is 77.0 Å². The van der Waals surface area contributed by atoms with Crippen LogP contribution >= 0.6 is 19.4 Å². The molecule has 0 aliphatic carbocycles. The monoisotopic (exact) mass is 626 g/mol. The van der Waals surface area contributed by atoms with Gasteiger partial charge in [0.1, 0.15) is 18.2 Å². The maximum Gasteiger partial charge on any atom is 0.353 e. The number of nitrogen functional groups attached to an aromatic ring is 1. The molecule has 42 heavy (non-hydrogen) atoms. The van der Waals surface area contributed by atoms with E-state index in [2.05, 4.69) is 20.9 Å². The predicted molar refractivity (Wildman–Crippen MR) is 176 cm³/mol. The van der Waals surface area contributed by atoms with Crippen LogP contribution in [0.1, 0.15) is 110 Å². The van der Waals surface area contributed by atoms with Gasteiger partial charge in [-0.25, -0.2) is 15.0 Å². The van der Waals surface area contributed by atoms with Crippen molar-refractivity contribution in [3.8, 4) is 12.3 Å². The highest BCUT2D eigenvalue weighted by molar-refractivity contribution is 7.99. The normalized spacial score (nSPS) is 13.5. The van der Waals surface area contributed by atoms with Gasteiger partial charge in [-0.2, -0.15) is 11.8 Å². The Labute approximate surface area is 257 Å². The number of ether oxygens (including phenoxy) is 1. The minimum atomic E-state index is -3.79. The first-order chi connectivity index (χ1) is 19.9. The molecule has 0 bridgehead atoms. The molecule has 2 aromatic rings. The van der Waals surface area contributed by atoms with Crippen molar-refractivity contribution in [3.05, 3.63) is 12.7 Å². The Morgan fingerprint density at radius 3 is 2.14 bits per heavy atom. The molecule has 12 heteroatoms. The quantitative estimate of drug-likeness (QED) is 0.0535. The van der Waals surface area contributed by atoms with Gasteiger partial charge >= 0.3 is 7.60 Å². The Morgan fingerprint density at radius 2 is 1.52 bits per heavy atom. The molecule has 0 spiro atoms. The van der Waals surface area contributed by atoms with Crippen molar-refractivity contribution >= 4 is 36.3 Å². The zero-order valence-corrected chi connectivity index (χ0v) is 27.5. The van der Waals surface area contributed by atoms with E-state index in [0.29, 0.717) is 23.5 Å². The lowest BCUT2D eigenvalue weighted by Crippen LogP contribution is -2.17. The van der Waals surface area contributed by atoms with E-state index >= 15 is 0 Å². The van der Waals surface area contributed by atoms with Crippen LogP contribution in [-0.4, -0.2) is 55.0 Å². The Kier molecular flexibility index (Phi) is 21.7. The first-order valence-electron chi connectivity index (χ1n) is 15.4. The number of unbranched alkanes of at least 4 members (excludes halogenated alkanes) is 14. The molecule has 0 aliphatic heterocycles. The van der Waals surface area contributed by atoms with E-state index in [1.54, 1.807) is 10.9 Å². The standard InChI is InChI=1S/C30H52N5O4PS.H3N/c1-3-4-5-6-7-8-9-10-11-12-13-14-15-16-17-18-21-41-22-19-20-39-40(36,37)26-38-27(2)23-35-25-34-28-29(31)32-24-33-30(28)35;/h1,24-25,27H,4-23,26H2,2H3,(H,36,37)(H2,31,32,33);1H3/t27-;/m1./s1. The van der Waals surface area contributed by atoms with E-state index in [-0.39, 0.29) is 25.2 Å². The fraction of sp³-hybridized carbons (Fsp3) is 0.767. The zero-order chi connectivity index (χ0) is 29.6. The lowest BCUT2D eigenvalue weighted by atomic mass is 10.0. The summed E-state index contributed by atoms with van der Waals surface area (Å²) in [7, 11) is -3.79. The van der Waals surface area contributed by atoms with Crippen LogP contribution in [0.3, 0.4) is 0 Å².